The number of hydrogen-bond donors (Lipinski definition) is 1. The van der Waals surface area contributed by atoms with Crippen molar-refractivity contribution in [1.82, 2.24) is 4.90 Å². The third-order valence-corrected chi connectivity index (χ3v) is 5.08. The van der Waals surface area contributed by atoms with Crippen LogP contribution in [0.1, 0.15) is 30.0 Å². The molecule has 1 heterocycles. The summed E-state index contributed by atoms with van der Waals surface area (Å²) >= 11 is 0. The zero-order valence-electron chi connectivity index (χ0n) is 15.2. The Bertz CT molecular complexity index is 739. The summed E-state index contributed by atoms with van der Waals surface area (Å²) in [7, 11) is 3.26. The number of benzene rings is 2. The maximum absolute atomic E-state index is 11.3. The number of likely N-dealkylation sites (tertiary alicyclic amines) is 1. The van der Waals surface area contributed by atoms with Gasteiger partial charge in [-0.25, -0.2) is 0 Å². The normalized spacial score (nSPS) is 16.8. The molecule has 0 amide bonds. The lowest BCUT2D eigenvalue weighted by Gasteiger charge is -2.37. The van der Waals surface area contributed by atoms with Crippen molar-refractivity contribution in [3.63, 3.8) is 0 Å². The Morgan fingerprint density at radius 3 is 2.23 bits per heavy atom. The average molecular weight is 355 g/mol. The molecule has 1 unspecified atom stereocenters. The first-order valence-corrected chi connectivity index (χ1v) is 8.87. The van der Waals surface area contributed by atoms with Crippen LogP contribution in [0.2, 0.25) is 0 Å². The van der Waals surface area contributed by atoms with Crippen LogP contribution in [-0.2, 0) is 4.79 Å². The van der Waals surface area contributed by atoms with Crippen LogP contribution in [0.3, 0.4) is 0 Å². The summed E-state index contributed by atoms with van der Waals surface area (Å²) < 4.78 is 10.8. The molecule has 0 aromatic heterocycles. The summed E-state index contributed by atoms with van der Waals surface area (Å²) in [6, 6.07) is 16.4. The minimum absolute atomic E-state index is 0.0609. The summed E-state index contributed by atoms with van der Waals surface area (Å²) in [5.74, 6) is 0.471. The molecule has 1 fully saturated rings. The van der Waals surface area contributed by atoms with Gasteiger partial charge >= 0.3 is 5.97 Å². The van der Waals surface area contributed by atoms with Gasteiger partial charge in [-0.2, -0.15) is 0 Å². The minimum Gasteiger partial charge on any atom is -0.493 e. The molecule has 3 rings (SSSR count). The van der Waals surface area contributed by atoms with Gasteiger partial charge in [0.25, 0.3) is 0 Å². The predicted octanol–water partition coefficient (Wildman–Crippen LogP) is 3.59. The minimum atomic E-state index is -0.688. The van der Waals surface area contributed by atoms with E-state index in [9.17, 15) is 9.90 Å². The van der Waals surface area contributed by atoms with Crippen LogP contribution in [0, 0.1) is 5.92 Å². The van der Waals surface area contributed by atoms with Gasteiger partial charge in [0, 0.05) is 0 Å². The highest BCUT2D eigenvalue weighted by Crippen LogP contribution is 2.36. The summed E-state index contributed by atoms with van der Waals surface area (Å²) in [4.78, 5) is 13.6. The lowest BCUT2D eigenvalue weighted by molar-refractivity contribution is -0.143. The number of ether oxygens (including phenoxy) is 2. The van der Waals surface area contributed by atoms with Crippen molar-refractivity contribution in [2.45, 2.75) is 18.9 Å². The van der Waals surface area contributed by atoms with Crippen LogP contribution in [0.5, 0.6) is 11.5 Å². The van der Waals surface area contributed by atoms with Crippen LogP contribution < -0.4 is 9.47 Å². The Labute approximate surface area is 154 Å². The van der Waals surface area contributed by atoms with Crippen LogP contribution in [-0.4, -0.2) is 43.3 Å². The van der Waals surface area contributed by atoms with Crippen molar-refractivity contribution < 1.29 is 19.4 Å². The monoisotopic (exact) mass is 355 g/mol. The smallest absolute Gasteiger partial charge is 0.306 e. The fourth-order valence-electron chi connectivity index (χ4n) is 3.68. The Morgan fingerprint density at radius 1 is 1.00 bits per heavy atom. The molecule has 0 aliphatic carbocycles. The number of rotatable bonds is 6. The Hall–Kier alpha value is -2.53. The molecule has 0 spiro atoms. The summed E-state index contributed by atoms with van der Waals surface area (Å²) in [5.41, 5.74) is 2.30. The highest BCUT2D eigenvalue weighted by Gasteiger charge is 2.30. The molecule has 2 aromatic carbocycles. The molecule has 26 heavy (non-hydrogen) atoms. The summed E-state index contributed by atoms with van der Waals surface area (Å²) in [5, 5.41) is 9.27. The van der Waals surface area contributed by atoms with Gasteiger partial charge in [-0.15, -0.1) is 0 Å². The van der Waals surface area contributed by atoms with Crippen LogP contribution in [0.25, 0.3) is 0 Å². The van der Waals surface area contributed by atoms with Gasteiger partial charge in [0.15, 0.2) is 11.5 Å². The maximum Gasteiger partial charge on any atom is 0.306 e. The molecule has 0 radical (unpaired) electrons. The molecule has 1 aliphatic heterocycles. The lowest BCUT2D eigenvalue weighted by Crippen LogP contribution is -2.39. The topological polar surface area (TPSA) is 59.0 Å². The Balaban J connectivity index is 1.94. The van der Waals surface area contributed by atoms with E-state index in [0.29, 0.717) is 24.3 Å². The van der Waals surface area contributed by atoms with Gasteiger partial charge in [0.05, 0.1) is 26.2 Å². The number of carbonyl (C=O) groups is 1. The van der Waals surface area contributed by atoms with Gasteiger partial charge in [-0.3, -0.25) is 9.69 Å². The number of nitrogens with zero attached hydrogens (tertiary/aromatic N) is 1. The van der Waals surface area contributed by atoms with E-state index in [1.54, 1.807) is 14.2 Å². The molecule has 1 atom stereocenters. The second kappa shape index (κ2) is 8.23. The molecule has 0 bridgehead atoms. The molecular weight excluding hydrogens is 330 g/mol. The highest BCUT2D eigenvalue weighted by molar-refractivity contribution is 5.70. The fourth-order valence-corrected chi connectivity index (χ4v) is 3.68. The first kappa shape index (κ1) is 18.3. The van der Waals surface area contributed by atoms with E-state index in [1.165, 1.54) is 5.56 Å². The third kappa shape index (κ3) is 3.83. The Morgan fingerprint density at radius 2 is 1.65 bits per heavy atom. The summed E-state index contributed by atoms with van der Waals surface area (Å²) in [6.07, 6.45) is 1.35. The van der Waals surface area contributed by atoms with Gasteiger partial charge < -0.3 is 14.6 Å². The van der Waals surface area contributed by atoms with Crippen molar-refractivity contribution in [1.29, 1.82) is 0 Å². The van der Waals surface area contributed by atoms with Crippen molar-refractivity contribution in [3.05, 3.63) is 59.7 Å². The third-order valence-electron chi connectivity index (χ3n) is 5.08. The molecule has 0 saturated carbocycles. The molecule has 1 aliphatic rings. The molecule has 5 heteroatoms. The largest absolute Gasteiger partial charge is 0.493 e. The van der Waals surface area contributed by atoms with Crippen molar-refractivity contribution in [2.24, 2.45) is 5.92 Å². The van der Waals surface area contributed by atoms with Gasteiger partial charge in [-0.05, 0) is 49.2 Å². The standard InChI is InChI=1S/C21H25NO4/c1-25-18-9-8-17(14-19(18)26-2)20(15-6-4-3-5-7-15)22-12-10-16(11-13-22)21(23)24/h3-9,14,16,20H,10-13H2,1-2H3,(H,23,24). The zero-order valence-corrected chi connectivity index (χ0v) is 15.2. The first-order valence-electron chi connectivity index (χ1n) is 8.87. The van der Waals surface area contributed by atoms with E-state index in [1.807, 2.05) is 30.3 Å². The van der Waals surface area contributed by atoms with E-state index in [2.05, 4.69) is 23.1 Å². The fraction of sp³-hybridized carbons (Fsp3) is 0.381. The van der Waals surface area contributed by atoms with Crippen LogP contribution in [0.15, 0.2) is 48.5 Å². The van der Waals surface area contributed by atoms with Crippen molar-refractivity contribution in [3.8, 4) is 11.5 Å². The number of carboxylic acids is 1. The van der Waals surface area contributed by atoms with Gasteiger partial charge in [0.1, 0.15) is 0 Å². The zero-order chi connectivity index (χ0) is 18.5. The second-order valence-electron chi connectivity index (χ2n) is 6.58. The number of hydrogen-bond acceptors (Lipinski definition) is 4. The highest BCUT2D eigenvalue weighted by atomic mass is 16.5. The maximum atomic E-state index is 11.3. The molecule has 138 valence electrons. The number of piperidine rings is 1. The second-order valence-corrected chi connectivity index (χ2v) is 6.58. The lowest BCUT2D eigenvalue weighted by atomic mass is 9.91. The quantitative estimate of drug-likeness (QED) is 0.858. The number of methoxy groups -OCH3 is 2. The molecule has 1 N–H and O–H groups in total. The van der Waals surface area contributed by atoms with E-state index < -0.39 is 5.97 Å². The number of carboxylic acid groups (broad SMARTS) is 1. The van der Waals surface area contributed by atoms with Crippen LogP contribution >= 0.6 is 0 Å². The van der Waals surface area contributed by atoms with Crippen molar-refractivity contribution >= 4 is 5.97 Å². The average Bonchev–Trinajstić information content (AvgIpc) is 2.69. The van der Waals surface area contributed by atoms with Gasteiger partial charge in [-0.1, -0.05) is 36.4 Å². The molecule has 2 aromatic rings. The Kier molecular flexibility index (Phi) is 5.78. The van der Waals surface area contributed by atoms with Crippen molar-refractivity contribution in [2.75, 3.05) is 27.3 Å². The molecular formula is C21H25NO4. The first-order chi connectivity index (χ1) is 12.6. The molecule has 1 saturated heterocycles. The van der Waals surface area contributed by atoms with E-state index >= 15 is 0 Å². The van der Waals surface area contributed by atoms with E-state index in [-0.39, 0.29) is 12.0 Å². The summed E-state index contributed by atoms with van der Waals surface area (Å²) in [6.45, 7) is 1.51. The number of aliphatic carboxylic acids is 1. The van der Waals surface area contributed by atoms with E-state index in [0.717, 1.165) is 18.7 Å². The predicted molar refractivity (Wildman–Crippen MR) is 99.8 cm³/mol. The molecule has 5 nitrogen and oxygen atoms in total. The van der Waals surface area contributed by atoms with Crippen LogP contribution in [0.4, 0.5) is 0 Å². The van der Waals surface area contributed by atoms with E-state index in [4.69, 9.17) is 9.47 Å². The SMILES string of the molecule is COc1ccc(C(c2ccccc2)N2CCC(C(=O)O)CC2)cc1OC. The van der Waals surface area contributed by atoms with Gasteiger partial charge in [0.2, 0.25) is 0 Å².